The van der Waals surface area contributed by atoms with Gasteiger partial charge in [0.2, 0.25) is 11.8 Å². The molecule has 4 nitrogen and oxygen atoms in total. The molecule has 1 aliphatic carbocycles. The maximum atomic E-state index is 13.9. The highest BCUT2D eigenvalue weighted by Crippen LogP contribution is 2.29. The van der Waals surface area contributed by atoms with Gasteiger partial charge in [-0.2, -0.15) is 0 Å². The van der Waals surface area contributed by atoms with Crippen LogP contribution in [0.3, 0.4) is 0 Å². The normalized spacial score (nSPS) is 14.9. The second-order valence-electron chi connectivity index (χ2n) is 9.75. The Morgan fingerprint density at radius 2 is 1.42 bits per heavy atom. The minimum Gasteiger partial charge on any atom is -0.352 e. The van der Waals surface area contributed by atoms with Crippen molar-refractivity contribution in [2.45, 2.75) is 70.0 Å². The van der Waals surface area contributed by atoms with Crippen LogP contribution in [0, 0.1) is 5.82 Å². The summed E-state index contributed by atoms with van der Waals surface area (Å²) in [7, 11) is 0. The third-order valence-corrected chi connectivity index (χ3v) is 7.17. The van der Waals surface area contributed by atoms with E-state index in [1.807, 2.05) is 60.7 Å². The van der Waals surface area contributed by atoms with Gasteiger partial charge in [-0.1, -0.05) is 92.1 Å². The number of hydrogen-bond acceptors (Lipinski definition) is 2. The highest BCUT2D eigenvalue weighted by atomic mass is 19.1. The van der Waals surface area contributed by atoms with Crippen LogP contribution in [0.2, 0.25) is 0 Å². The van der Waals surface area contributed by atoms with Gasteiger partial charge in [-0.15, -0.1) is 0 Å². The first-order valence-corrected chi connectivity index (χ1v) is 13.0. The van der Waals surface area contributed by atoms with E-state index in [1.54, 1.807) is 24.0 Å². The number of rotatable bonds is 9. The Hall–Kier alpha value is -3.47. The molecule has 0 bridgehead atoms. The molecule has 3 aromatic carbocycles. The second kappa shape index (κ2) is 12.5. The van der Waals surface area contributed by atoms with Crippen LogP contribution in [0.4, 0.5) is 4.39 Å². The number of benzene rings is 3. The van der Waals surface area contributed by atoms with Gasteiger partial charge >= 0.3 is 0 Å². The zero-order valence-corrected chi connectivity index (χ0v) is 20.9. The summed E-state index contributed by atoms with van der Waals surface area (Å²) in [5, 5.41) is 3.17. The first-order valence-electron chi connectivity index (χ1n) is 13.0. The molecule has 36 heavy (non-hydrogen) atoms. The van der Waals surface area contributed by atoms with Crippen LogP contribution < -0.4 is 5.32 Å². The Balaban J connectivity index is 1.58. The maximum Gasteiger partial charge on any atom is 0.242 e. The smallest absolute Gasteiger partial charge is 0.242 e. The van der Waals surface area contributed by atoms with Crippen molar-refractivity contribution in [2.24, 2.45) is 0 Å². The lowest BCUT2D eigenvalue weighted by Crippen LogP contribution is -2.50. The van der Waals surface area contributed by atoms with Crippen LogP contribution in [0.15, 0.2) is 84.9 Å². The monoisotopic (exact) mass is 486 g/mol. The van der Waals surface area contributed by atoms with Crippen LogP contribution in [0.25, 0.3) is 0 Å². The number of nitrogens with one attached hydrogen (secondary N) is 1. The molecule has 1 N–H and O–H groups in total. The fraction of sp³-hybridized carbons (Fsp3) is 0.355. The largest absolute Gasteiger partial charge is 0.352 e. The molecule has 3 aromatic rings. The molecule has 0 unspecified atom stereocenters. The van der Waals surface area contributed by atoms with Gasteiger partial charge in [0, 0.05) is 24.9 Å². The van der Waals surface area contributed by atoms with Crippen molar-refractivity contribution < 1.29 is 14.0 Å². The number of carbonyl (C=O) groups excluding carboxylic acids is 2. The zero-order chi connectivity index (χ0) is 25.3. The van der Waals surface area contributed by atoms with Gasteiger partial charge in [-0.05, 0) is 48.6 Å². The average molecular weight is 487 g/mol. The van der Waals surface area contributed by atoms with Gasteiger partial charge in [0.05, 0.1) is 0 Å². The lowest BCUT2D eigenvalue weighted by Gasteiger charge is -2.32. The van der Waals surface area contributed by atoms with Crippen molar-refractivity contribution in [1.82, 2.24) is 10.2 Å². The number of amides is 2. The summed E-state index contributed by atoms with van der Waals surface area (Å²) in [4.78, 5) is 28.8. The SMILES string of the molecule is C[C@H](C(=O)NC1CCCCC1)N(Cc1ccc(F)cc1)C(=O)CC(c1ccccc1)c1ccccc1. The second-order valence-corrected chi connectivity index (χ2v) is 9.75. The van der Waals surface area contributed by atoms with E-state index in [0.717, 1.165) is 42.4 Å². The lowest BCUT2D eigenvalue weighted by atomic mass is 9.88. The molecule has 0 aliphatic heterocycles. The topological polar surface area (TPSA) is 49.4 Å². The molecule has 2 amide bonds. The van der Waals surface area contributed by atoms with Crippen molar-refractivity contribution >= 4 is 11.8 Å². The van der Waals surface area contributed by atoms with Crippen molar-refractivity contribution in [3.63, 3.8) is 0 Å². The van der Waals surface area contributed by atoms with Gasteiger partial charge in [-0.25, -0.2) is 4.39 Å². The summed E-state index contributed by atoms with van der Waals surface area (Å²) in [6, 6.07) is 25.6. The standard InChI is InChI=1S/C31H35FN2O2/c1-23(31(36)33-28-15-9-4-10-16-28)34(22-24-17-19-27(32)20-18-24)30(35)21-29(25-11-5-2-6-12-25)26-13-7-3-8-14-26/h2-3,5-8,11-14,17-20,23,28-29H,4,9-10,15-16,21-22H2,1H3,(H,33,36)/t23-/m1/s1. The Labute approximate surface area is 213 Å². The molecule has 0 radical (unpaired) electrons. The maximum absolute atomic E-state index is 13.9. The van der Waals surface area contributed by atoms with E-state index >= 15 is 0 Å². The first-order chi connectivity index (χ1) is 17.5. The predicted octanol–water partition coefficient (Wildman–Crippen LogP) is 6.21. The average Bonchev–Trinajstić information content (AvgIpc) is 2.92. The van der Waals surface area contributed by atoms with Crippen LogP contribution in [-0.4, -0.2) is 28.8 Å². The quantitative estimate of drug-likeness (QED) is 0.391. The Bertz CT molecular complexity index is 1070. The molecule has 0 heterocycles. The Kier molecular flexibility index (Phi) is 8.88. The van der Waals surface area contributed by atoms with Gasteiger partial charge in [0.25, 0.3) is 0 Å². The summed E-state index contributed by atoms with van der Waals surface area (Å²) < 4.78 is 13.5. The van der Waals surface area contributed by atoms with Gasteiger partial charge in [0.1, 0.15) is 11.9 Å². The van der Waals surface area contributed by atoms with Crippen LogP contribution in [0.5, 0.6) is 0 Å². The fourth-order valence-corrected chi connectivity index (χ4v) is 5.03. The number of nitrogens with zero attached hydrogens (tertiary/aromatic N) is 1. The molecule has 4 rings (SSSR count). The van der Waals surface area contributed by atoms with E-state index < -0.39 is 6.04 Å². The van der Waals surface area contributed by atoms with Gasteiger partial charge in [-0.3, -0.25) is 9.59 Å². The zero-order valence-electron chi connectivity index (χ0n) is 20.9. The highest BCUT2D eigenvalue weighted by molar-refractivity contribution is 5.88. The molecule has 0 spiro atoms. The number of halogens is 1. The van der Waals surface area contributed by atoms with E-state index in [-0.39, 0.29) is 42.6 Å². The molecule has 1 atom stereocenters. The number of carbonyl (C=O) groups is 2. The van der Waals surface area contributed by atoms with Crippen molar-refractivity contribution in [2.75, 3.05) is 0 Å². The first kappa shape index (κ1) is 25.6. The van der Waals surface area contributed by atoms with E-state index in [4.69, 9.17) is 0 Å². The molecule has 188 valence electrons. The van der Waals surface area contributed by atoms with Gasteiger partial charge in [0.15, 0.2) is 0 Å². The van der Waals surface area contributed by atoms with E-state index in [2.05, 4.69) is 5.32 Å². The van der Waals surface area contributed by atoms with Crippen molar-refractivity contribution in [3.8, 4) is 0 Å². The Morgan fingerprint density at radius 1 is 0.861 bits per heavy atom. The third kappa shape index (κ3) is 6.81. The van der Waals surface area contributed by atoms with Crippen molar-refractivity contribution in [1.29, 1.82) is 0 Å². The molecular formula is C31H35FN2O2. The summed E-state index contributed by atoms with van der Waals surface area (Å²) in [5.74, 6) is -0.700. The highest BCUT2D eigenvalue weighted by Gasteiger charge is 2.30. The summed E-state index contributed by atoms with van der Waals surface area (Å²) >= 11 is 0. The van der Waals surface area contributed by atoms with Crippen molar-refractivity contribution in [3.05, 3.63) is 107 Å². The van der Waals surface area contributed by atoms with E-state index in [9.17, 15) is 14.0 Å². The molecule has 1 saturated carbocycles. The molecule has 1 fully saturated rings. The fourth-order valence-electron chi connectivity index (χ4n) is 5.03. The third-order valence-electron chi connectivity index (χ3n) is 7.17. The van der Waals surface area contributed by atoms with Crippen LogP contribution in [0.1, 0.15) is 68.1 Å². The van der Waals surface area contributed by atoms with Crippen LogP contribution in [-0.2, 0) is 16.1 Å². The molecule has 1 aliphatic rings. The summed E-state index contributed by atoms with van der Waals surface area (Å²) in [6.07, 6.45) is 5.64. The summed E-state index contributed by atoms with van der Waals surface area (Å²) in [5.41, 5.74) is 2.90. The molecular weight excluding hydrogens is 451 g/mol. The minimum absolute atomic E-state index is 0.108. The minimum atomic E-state index is -0.642. The van der Waals surface area contributed by atoms with E-state index in [1.165, 1.54) is 18.6 Å². The molecule has 0 saturated heterocycles. The molecule has 0 aromatic heterocycles. The van der Waals surface area contributed by atoms with Gasteiger partial charge < -0.3 is 10.2 Å². The van der Waals surface area contributed by atoms with Crippen LogP contribution >= 0.6 is 0 Å². The Morgan fingerprint density at radius 3 is 1.97 bits per heavy atom. The molecule has 5 heteroatoms. The summed E-state index contributed by atoms with van der Waals surface area (Å²) in [6.45, 7) is 2.04. The lowest BCUT2D eigenvalue weighted by molar-refractivity contribution is -0.141. The number of hydrogen-bond donors (Lipinski definition) is 1. The predicted molar refractivity (Wildman–Crippen MR) is 141 cm³/mol. The van der Waals surface area contributed by atoms with E-state index in [0.29, 0.717) is 0 Å².